The van der Waals surface area contributed by atoms with Gasteiger partial charge in [-0.3, -0.25) is 0 Å². The summed E-state index contributed by atoms with van der Waals surface area (Å²) in [6, 6.07) is 7.34. The summed E-state index contributed by atoms with van der Waals surface area (Å²) in [4.78, 5) is 47.2. The fourth-order valence-corrected chi connectivity index (χ4v) is 3.81. The molecule has 3 aromatic carbocycles. The van der Waals surface area contributed by atoms with E-state index in [-0.39, 0.29) is 22.3 Å². The van der Waals surface area contributed by atoms with Crippen molar-refractivity contribution in [3.63, 3.8) is 0 Å². The maximum absolute atomic E-state index is 11.8. The molecule has 0 heterocycles. The predicted molar refractivity (Wildman–Crippen MR) is 138 cm³/mol. The number of hydrogen-bond donors (Lipinski definition) is 4. The number of hydrogen-bond acceptors (Lipinski definition) is 6. The van der Waals surface area contributed by atoms with E-state index in [0.29, 0.717) is 22.6 Å². The van der Waals surface area contributed by atoms with Gasteiger partial charge >= 0.3 is 23.9 Å². The lowest BCUT2D eigenvalue weighted by molar-refractivity contribution is 0.0651. The van der Waals surface area contributed by atoms with Crippen LogP contribution in [0.25, 0.3) is 0 Å². The van der Waals surface area contributed by atoms with Crippen molar-refractivity contribution in [3.05, 3.63) is 92.0 Å². The maximum Gasteiger partial charge on any atom is 0.336 e. The Morgan fingerprint density at radius 3 is 0.825 bits per heavy atom. The molecule has 0 spiro atoms. The Morgan fingerprint density at radius 1 is 0.450 bits per heavy atom. The van der Waals surface area contributed by atoms with Gasteiger partial charge < -0.3 is 29.9 Å². The first kappa shape index (κ1) is 26.9. The lowest BCUT2D eigenvalue weighted by atomic mass is 9.95. The maximum atomic E-state index is 11.8. The van der Waals surface area contributed by atoms with Crippen molar-refractivity contribution in [3.8, 4) is 47.0 Å². The van der Waals surface area contributed by atoms with Crippen LogP contribution in [0.3, 0.4) is 0 Å². The quantitative estimate of drug-likeness (QED) is 0.269. The second-order valence-corrected chi connectivity index (χ2v) is 8.11. The minimum Gasteiger partial charge on any atom is -0.493 e. The third-order valence-corrected chi connectivity index (χ3v) is 5.76. The van der Waals surface area contributed by atoms with Crippen LogP contribution in [-0.4, -0.2) is 58.5 Å². The molecular weight excluding hydrogens is 520 g/mol. The highest BCUT2D eigenvalue weighted by Gasteiger charge is 2.21. The number of fused-ring (bicyclic) bond motifs is 3. The summed E-state index contributed by atoms with van der Waals surface area (Å²) in [5.74, 6) is 11.5. The average molecular weight is 536 g/mol. The fourth-order valence-electron chi connectivity index (χ4n) is 3.81. The number of carbonyl (C=O) groups is 4. The first-order valence-corrected chi connectivity index (χ1v) is 11.1. The molecule has 0 atom stereocenters. The van der Waals surface area contributed by atoms with Crippen molar-refractivity contribution in [2.45, 2.75) is 0 Å². The van der Waals surface area contributed by atoms with Crippen molar-refractivity contribution in [1.82, 2.24) is 0 Å². The normalized spacial score (nSPS) is 10.6. The van der Waals surface area contributed by atoms with Gasteiger partial charge in [0, 0.05) is 45.5 Å². The Kier molecular flexibility index (Phi) is 7.16. The molecule has 40 heavy (non-hydrogen) atoms. The van der Waals surface area contributed by atoms with Crippen LogP contribution in [0.5, 0.6) is 11.5 Å². The first-order valence-electron chi connectivity index (χ1n) is 11.1. The van der Waals surface area contributed by atoms with Crippen LogP contribution in [0.4, 0.5) is 0 Å². The second-order valence-electron chi connectivity index (χ2n) is 8.11. The molecule has 10 nitrogen and oxygen atoms in total. The van der Waals surface area contributed by atoms with E-state index < -0.39 is 46.1 Å². The van der Waals surface area contributed by atoms with Crippen LogP contribution in [0.1, 0.15) is 74.8 Å². The monoisotopic (exact) mass is 536 g/mol. The van der Waals surface area contributed by atoms with Crippen LogP contribution in [0.15, 0.2) is 36.4 Å². The number of ether oxygens (including phenoxy) is 2. The number of rotatable bonds is 6. The molecule has 4 rings (SSSR count). The lowest BCUT2D eigenvalue weighted by Crippen LogP contribution is -2.10. The smallest absolute Gasteiger partial charge is 0.336 e. The van der Waals surface area contributed by atoms with E-state index in [4.69, 9.17) is 9.47 Å². The van der Waals surface area contributed by atoms with Gasteiger partial charge in [0.1, 0.15) is 0 Å². The number of methoxy groups -OCH3 is 2. The Labute approximate surface area is 226 Å². The van der Waals surface area contributed by atoms with Crippen LogP contribution < -0.4 is 9.47 Å². The SMILES string of the molecule is COc1cc2c(cc1OC)C#Cc1cc(C(=O)O)c(C(=O)O)cc1C#Cc1cc(C(=O)O)c(C(=O)O)cc1C#C2. The highest BCUT2D eigenvalue weighted by atomic mass is 16.5. The van der Waals surface area contributed by atoms with Gasteiger partial charge in [-0.15, -0.1) is 0 Å². The molecule has 0 aromatic heterocycles. The van der Waals surface area contributed by atoms with E-state index in [2.05, 4.69) is 35.5 Å². The molecule has 0 saturated heterocycles. The van der Waals surface area contributed by atoms with Gasteiger partial charge in [-0.1, -0.05) is 35.5 Å². The molecule has 0 unspecified atom stereocenters. The van der Waals surface area contributed by atoms with Gasteiger partial charge in [0.25, 0.3) is 0 Å². The zero-order chi connectivity index (χ0) is 29.1. The molecule has 0 radical (unpaired) electrons. The summed E-state index contributed by atoms with van der Waals surface area (Å²) < 4.78 is 10.7. The molecule has 4 N–H and O–H groups in total. The third-order valence-electron chi connectivity index (χ3n) is 5.76. The Balaban J connectivity index is 2.16. The van der Waals surface area contributed by atoms with Crippen LogP contribution in [0, 0.1) is 35.5 Å². The van der Waals surface area contributed by atoms with Gasteiger partial charge in [-0.2, -0.15) is 0 Å². The summed E-state index contributed by atoms with van der Waals surface area (Å²) >= 11 is 0. The molecule has 0 aliphatic heterocycles. The standard InChI is InChI=1S/C30H16O10/c1-39-25-13-19-7-5-17-11-23(29(35)36)21(27(31)32)9-15(17)3-4-16-10-22(28(33)34)24(30(37)38)12-18(16)6-8-20(19)14-26(25)40-2/h9-14H,1-2H3,(H,31,32)(H,33,34)(H,35,36)(H,37,38). The number of carboxylic acids is 4. The van der Waals surface area contributed by atoms with E-state index >= 15 is 0 Å². The topological polar surface area (TPSA) is 168 Å². The van der Waals surface area contributed by atoms with Gasteiger partial charge in [-0.25, -0.2) is 19.2 Å². The predicted octanol–water partition coefficient (Wildman–Crippen LogP) is 3.01. The van der Waals surface area contributed by atoms with E-state index in [0.717, 1.165) is 24.3 Å². The molecule has 196 valence electrons. The van der Waals surface area contributed by atoms with Crippen LogP contribution in [-0.2, 0) is 0 Å². The van der Waals surface area contributed by atoms with Crippen molar-refractivity contribution >= 4 is 23.9 Å². The van der Waals surface area contributed by atoms with Gasteiger partial charge in [0.2, 0.25) is 0 Å². The summed E-state index contributed by atoms with van der Waals surface area (Å²) in [5.41, 5.74) is -1.22. The molecule has 10 heteroatoms. The van der Waals surface area contributed by atoms with Gasteiger partial charge in [0.05, 0.1) is 36.5 Å². The van der Waals surface area contributed by atoms with E-state index in [9.17, 15) is 39.6 Å². The molecule has 0 fully saturated rings. The largest absolute Gasteiger partial charge is 0.493 e. The minimum absolute atomic E-state index is 0.0376. The molecule has 0 amide bonds. The fraction of sp³-hybridized carbons (Fsp3) is 0.0667. The summed E-state index contributed by atoms with van der Waals surface area (Å²) in [6.07, 6.45) is 0. The lowest BCUT2D eigenvalue weighted by Gasteiger charge is -2.10. The Bertz CT molecular complexity index is 1710. The summed E-state index contributed by atoms with van der Waals surface area (Å²) in [5, 5.41) is 38.4. The average Bonchev–Trinajstić information content (AvgIpc) is 2.92. The molecule has 0 saturated carbocycles. The van der Waals surface area contributed by atoms with E-state index in [1.54, 1.807) is 0 Å². The number of benzene rings is 3. The molecule has 3 aromatic rings. The molecule has 0 bridgehead atoms. The Hall–Kier alpha value is -6.18. The van der Waals surface area contributed by atoms with E-state index in [1.165, 1.54) is 26.4 Å². The zero-order valence-electron chi connectivity index (χ0n) is 20.7. The number of aromatic carboxylic acids is 4. The second kappa shape index (κ2) is 10.7. The van der Waals surface area contributed by atoms with Crippen molar-refractivity contribution in [1.29, 1.82) is 0 Å². The van der Waals surface area contributed by atoms with E-state index in [1.807, 2.05) is 0 Å². The van der Waals surface area contributed by atoms with Gasteiger partial charge in [0.15, 0.2) is 11.5 Å². The first-order chi connectivity index (χ1) is 19.0. The van der Waals surface area contributed by atoms with Gasteiger partial charge in [-0.05, 0) is 24.3 Å². The Morgan fingerprint density at radius 2 is 0.650 bits per heavy atom. The highest BCUT2D eigenvalue weighted by molar-refractivity contribution is 6.03. The van der Waals surface area contributed by atoms with Crippen molar-refractivity contribution in [2.24, 2.45) is 0 Å². The highest BCUT2D eigenvalue weighted by Crippen LogP contribution is 2.30. The molecular formula is C30H16O10. The van der Waals surface area contributed by atoms with Crippen LogP contribution in [0.2, 0.25) is 0 Å². The third kappa shape index (κ3) is 5.12. The molecule has 1 aliphatic carbocycles. The van der Waals surface area contributed by atoms with Crippen LogP contribution >= 0.6 is 0 Å². The van der Waals surface area contributed by atoms with Crippen molar-refractivity contribution < 1.29 is 49.1 Å². The summed E-state index contributed by atoms with van der Waals surface area (Å²) in [6.45, 7) is 0. The van der Waals surface area contributed by atoms with Crippen molar-refractivity contribution in [2.75, 3.05) is 14.2 Å². The number of carboxylic acid groups (broad SMARTS) is 4. The summed E-state index contributed by atoms with van der Waals surface area (Å²) in [7, 11) is 2.83. The zero-order valence-corrected chi connectivity index (χ0v) is 20.7. The molecule has 1 aliphatic rings. The minimum atomic E-state index is -1.51.